The van der Waals surface area contributed by atoms with Crippen LogP contribution in [0.4, 0.5) is 4.79 Å². The third kappa shape index (κ3) is 3.32. The molecule has 86 valence electrons. The number of para-hydroxylation sites is 2. The highest BCUT2D eigenvalue weighted by Gasteiger charge is 2.09. The van der Waals surface area contributed by atoms with Gasteiger partial charge in [-0.2, -0.15) is 0 Å². The van der Waals surface area contributed by atoms with Gasteiger partial charge in [0.15, 0.2) is 0 Å². The Morgan fingerprint density at radius 3 is 2.24 bits per heavy atom. The van der Waals surface area contributed by atoms with Crippen LogP contribution in [0.25, 0.3) is 0 Å². The predicted molar refractivity (Wildman–Crippen MR) is 67.2 cm³/mol. The summed E-state index contributed by atoms with van der Waals surface area (Å²) in [4.78, 5) is 11.5. The van der Waals surface area contributed by atoms with Crippen LogP contribution in [-0.2, 0) is 0 Å². The molecule has 2 rings (SSSR count). The second kappa shape index (κ2) is 5.50. The van der Waals surface area contributed by atoms with E-state index in [-0.39, 0.29) is 0 Å². The highest BCUT2D eigenvalue weighted by Crippen LogP contribution is 2.24. The van der Waals surface area contributed by atoms with Crippen molar-refractivity contribution in [3.8, 4) is 11.5 Å². The summed E-state index contributed by atoms with van der Waals surface area (Å²) in [5, 5.41) is 0. The topological polar surface area (TPSA) is 35.5 Å². The number of hydrogen-bond acceptors (Lipinski definition) is 3. The Kier molecular flexibility index (Phi) is 3.77. The molecule has 0 amide bonds. The molecule has 0 atom stereocenters. The van der Waals surface area contributed by atoms with Crippen molar-refractivity contribution in [3.63, 3.8) is 0 Å². The molecule has 4 heteroatoms. The van der Waals surface area contributed by atoms with E-state index < -0.39 is 6.16 Å². The lowest BCUT2D eigenvalue weighted by atomic mass is 10.3. The van der Waals surface area contributed by atoms with Crippen molar-refractivity contribution in [3.05, 3.63) is 59.1 Å². The minimum atomic E-state index is -0.761. The quantitative estimate of drug-likeness (QED) is 0.619. The molecule has 0 fully saturated rings. The molecular weight excluding hydrogens is 284 g/mol. The highest BCUT2D eigenvalue weighted by molar-refractivity contribution is 9.10. The number of benzene rings is 2. The number of rotatable bonds is 2. The van der Waals surface area contributed by atoms with Crippen LogP contribution >= 0.6 is 15.9 Å². The van der Waals surface area contributed by atoms with Gasteiger partial charge in [0, 0.05) is 0 Å². The Morgan fingerprint density at radius 1 is 0.882 bits per heavy atom. The van der Waals surface area contributed by atoms with E-state index >= 15 is 0 Å². The molecule has 2 aromatic carbocycles. The number of carbonyl (C=O) groups excluding carboxylic acids is 1. The summed E-state index contributed by atoms with van der Waals surface area (Å²) in [7, 11) is 0. The number of carbonyl (C=O) groups is 1. The summed E-state index contributed by atoms with van der Waals surface area (Å²) in [6.45, 7) is 0. The van der Waals surface area contributed by atoms with Gasteiger partial charge in [-0.3, -0.25) is 0 Å². The first-order chi connectivity index (χ1) is 8.25. The van der Waals surface area contributed by atoms with E-state index in [4.69, 9.17) is 9.47 Å². The van der Waals surface area contributed by atoms with Crippen LogP contribution in [0, 0.1) is 0 Å². The molecule has 0 aromatic heterocycles. The smallest absolute Gasteiger partial charge is 0.395 e. The monoisotopic (exact) mass is 292 g/mol. The average Bonchev–Trinajstić information content (AvgIpc) is 2.33. The first-order valence-electron chi connectivity index (χ1n) is 4.95. The number of halogens is 1. The molecule has 0 aliphatic rings. The van der Waals surface area contributed by atoms with Crippen molar-refractivity contribution in [1.82, 2.24) is 0 Å². The largest absolute Gasteiger partial charge is 0.519 e. The Hall–Kier alpha value is -1.81. The lowest BCUT2D eigenvalue weighted by Gasteiger charge is -2.06. The molecule has 17 heavy (non-hydrogen) atoms. The molecule has 0 spiro atoms. The first-order valence-corrected chi connectivity index (χ1v) is 5.74. The van der Waals surface area contributed by atoms with Crippen molar-refractivity contribution in [2.75, 3.05) is 0 Å². The summed E-state index contributed by atoms with van der Waals surface area (Å²) in [6, 6.07) is 15.8. The highest BCUT2D eigenvalue weighted by atomic mass is 79.9. The van der Waals surface area contributed by atoms with Gasteiger partial charge in [0.2, 0.25) is 0 Å². The molecule has 0 aliphatic carbocycles. The van der Waals surface area contributed by atoms with Gasteiger partial charge in [-0.15, -0.1) is 0 Å². The Bertz CT molecular complexity index is 511. The average molecular weight is 293 g/mol. The van der Waals surface area contributed by atoms with E-state index in [9.17, 15) is 4.79 Å². The SMILES string of the molecule is O=C(Oc1ccccc1)Oc1ccccc1Br. The summed E-state index contributed by atoms with van der Waals surface area (Å²) in [5.41, 5.74) is 0. The van der Waals surface area contributed by atoms with Crippen molar-refractivity contribution < 1.29 is 14.3 Å². The van der Waals surface area contributed by atoms with Crippen LogP contribution in [-0.4, -0.2) is 6.16 Å². The summed E-state index contributed by atoms with van der Waals surface area (Å²) < 4.78 is 10.7. The van der Waals surface area contributed by atoms with Crippen LogP contribution in [0.2, 0.25) is 0 Å². The molecule has 0 N–H and O–H groups in total. The molecule has 0 radical (unpaired) electrons. The lowest BCUT2D eigenvalue weighted by molar-refractivity contribution is 0.151. The van der Waals surface area contributed by atoms with E-state index in [2.05, 4.69) is 15.9 Å². The molecule has 0 unspecified atom stereocenters. The molecule has 0 saturated carbocycles. The molecule has 0 bridgehead atoms. The van der Waals surface area contributed by atoms with Gasteiger partial charge >= 0.3 is 6.16 Å². The van der Waals surface area contributed by atoms with Crippen molar-refractivity contribution in [2.45, 2.75) is 0 Å². The van der Waals surface area contributed by atoms with Crippen LogP contribution < -0.4 is 9.47 Å². The van der Waals surface area contributed by atoms with E-state index in [0.717, 1.165) is 0 Å². The second-order valence-corrected chi connectivity index (χ2v) is 4.05. The zero-order valence-electron chi connectivity index (χ0n) is 8.80. The summed E-state index contributed by atoms with van der Waals surface area (Å²) in [5.74, 6) is 0.873. The number of ether oxygens (including phenoxy) is 2. The van der Waals surface area contributed by atoms with Crippen molar-refractivity contribution >= 4 is 22.1 Å². The summed E-state index contributed by atoms with van der Waals surface area (Å²) in [6.07, 6.45) is -0.761. The van der Waals surface area contributed by atoms with Gasteiger partial charge in [0.1, 0.15) is 11.5 Å². The third-order valence-corrected chi connectivity index (χ3v) is 2.63. The molecule has 3 nitrogen and oxygen atoms in total. The van der Waals surface area contributed by atoms with E-state index in [1.54, 1.807) is 42.5 Å². The third-order valence-electron chi connectivity index (χ3n) is 1.97. The minimum Gasteiger partial charge on any atom is -0.395 e. The fourth-order valence-electron chi connectivity index (χ4n) is 1.22. The number of hydrogen-bond donors (Lipinski definition) is 0. The van der Waals surface area contributed by atoms with Gasteiger partial charge in [0.05, 0.1) is 4.47 Å². The van der Waals surface area contributed by atoms with Crippen LogP contribution in [0.5, 0.6) is 11.5 Å². The fourth-order valence-corrected chi connectivity index (χ4v) is 1.59. The normalized spacial score (nSPS) is 9.71. The zero-order chi connectivity index (χ0) is 12.1. The maximum Gasteiger partial charge on any atom is 0.519 e. The molecular formula is C13H9BrO3. The minimum absolute atomic E-state index is 0.424. The molecule has 0 heterocycles. The standard InChI is InChI=1S/C13H9BrO3/c14-11-8-4-5-9-12(11)17-13(15)16-10-6-2-1-3-7-10/h1-9H. The van der Waals surface area contributed by atoms with Crippen LogP contribution in [0.1, 0.15) is 0 Å². The van der Waals surface area contributed by atoms with E-state index in [1.807, 2.05) is 12.1 Å². The van der Waals surface area contributed by atoms with Crippen molar-refractivity contribution in [1.29, 1.82) is 0 Å². The Labute approximate surface area is 107 Å². The van der Waals surface area contributed by atoms with Gasteiger partial charge in [0.25, 0.3) is 0 Å². The Balaban J connectivity index is 2.01. The van der Waals surface area contributed by atoms with Crippen LogP contribution in [0.3, 0.4) is 0 Å². The maximum absolute atomic E-state index is 11.5. The van der Waals surface area contributed by atoms with Gasteiger partial charge in [-0.1, -0.05) is 30.3 Å². The fraction of sp³-hybridized carbons (Fsp3) is 0. The lowest BCUT2D eigenvalue weighted by Crippen LogP contribution is -2.13. The van der Waals surface area contributed by atoms with E-state index in [1.165, 1.54) is 0 Å². The molecule has 0 saturated heterocycles. The van der Waals surface area contributed by atoms with Gasteiger partial charge in [-0.05, 0) is 40.2 Å². The summed E-state index contributed by atoms with van der Waals surface area (Å²) >= 11 is 3.28. The maximum atomic E-state index is 11.5. The second-order valence-electron chi connectivity index (χ2n) is 3.20. The molecule has 2 aromatic rings. The Morgan fingerprint density at radius 2 is 1.53 bits per heavy atom. The van der Waals surface area contributed by atoms with Crippen molar-refractivity contribution in [2.24, 2.45) is 0 Å². The van der Waals surface area contributed by atoms with Gasteiger partial charge in [-0.25, -0.2) is 4.79 Å². The molecule has 0 aliphatic heterocycles. The first kappa shape index (κ1) is 11.7. The van der Waals surface area contributed by atoms with Crippen LogP contribution in [0.15, 0.2) is 59.1 Å². The predicted octanol–water partition coefficient (Wildman–Crippen LogP) is 4.03. The zero-order valence-corrected chi connectivity index (χ0v) is 10.4. The van der Waals surface area contributed by atoms with E-state index in [0.29, 0.717) is 16.0 Å². The van der Waals surface area contributed by atoms with Gasteiger partial charge < -0.3 is 9.47 Å².